The molecule has 2 heterocycles. The van der Waals surface area contributed by atoms with Gasteiger partial charge in [0.05, 0.1) is 12.8 Å². The summed E-state index contributed by atoms with van der Waals surface area (Å²) >= 11 is 10.4. The maximum Gasteiger partial charge on any atom is 0.380 e. The van der Waals surface area contributed by atoms with Crippen molar-refractivity contribution >= 4 is 28.6 Å². The Balaban J connectivity index is 2.23. The number of hydrogen-bond acceptors (Lipinski definition) is 8. The van der Waals surface area contributed by atoms with E-state index in [-0.39, 0.29) is 0 Å². The van der Waals surface area contributed by atoms with Gasteiger partial charge < -0.3 is 24.6 Å². The Morgan fingerprint density at radius 2 is 2.00 bits per heavy atom. The number of aromatic hydroxyl groups is 1. The van der Waals surface area contributed by atoms with Crippen LogP contribution in [0.2, 0.25) is 0 Å². The molecule has 1 saturated heterocycles. The lowest BCUT2D eigenvalue weighted by molar-refractivity contribution is -0.0510. The first-order valence-electron chi connectivity index (χ1n) is 5.80. The highest BCUT2D eigenvalue weighted by Crippen LogP contribution is 2.57. The van der Waals surface area contributed by atoms with Crippen LogP contribution >= 0.6 is 28.6 Å². The van der Waals surface area contributed by atoms with Crippen LogP contribution in [0.5, 0.6) is 5.75 Å². The largest absolute Gasteiger partial charge is 0.502 e. The molecular formula is C9H11Cl2N2O8P. The Morgan fingerprint density at radius 1 is 1.36 bits per heavy atom. The van der Waals surface area contributed by atoms with Crippen molar-refractivity contribution in [3.05, 3.63) is 27.0 Å². The Bertz CT molecular complexity index is 714. The Hall–Kier alpha value is -0.870. The molecule has 0 saturated carbocycles. The van der Waals surface area contributed by atoms with Crippen LogP contribution in [-0.2, 0) is 13.8 Å². The van der Waals surface area contributed by atoms with E-state index in [4.69, 9.17) is 27.2 Å². The Labute approximate surface area is 131 Å². The average Bonchev–Trinajstić information content (AvgIpc) is 2.68. The minimum Gasteiger partial charge on any atom is -0.502 e. The number of H-pyrrole nitrogens is 1. The molecule has 2 rings (SSSR count). The highest BCUT2D eigenvalue weighted by Gasteiger charge is 2.45. The van der Waals surface area contributed by atoms with E-state index in [0.717, 1.165) is 6.20 Å². The van der Waals surface area contributed by atoms with E-state index in [1.807, 2.05) is 0 Å². The van der Waals surface area contributed by atoms with Crippen LogP contribution in [0.15, 0.2) is 15.8 Å². The molecule has 0 aromatic carbocycles. The monoisotopic (exact) mass is 376 g/mol. The van der Waals surface area contributed by atoms with E-state index in [2.05, 4.69) is 4.52 Å². The number of halogens is 2. The molecule has 0 radical (unpaired) electrons. The maximum atomic E-state index is 11.7. The molecule has 0 aliphatic carbocycles. The van der Waals surface area contributed by atoms with E-state index in [0.29, 0.717) is 4.57 Å². The molecular weight excluding hydrogens is 366 g/mol. The quantitative estimate of drug-likeness (QED) is 0.511. The van der Waals surface area contributed by atoms with Crippen LogP contribution in [0.1, 0.15) is 6.23 Å². The molecule has 1 aliphatic heterocycles. The molecule has 124 valence electrons. The van der Waals surface area contributed by atoms with Gasteiger partial charge in [-0.05, 0) is 22.5 Å². The molecule has 1 aliphatic rings. The van der Waals surface area contributed by atoms with Crippen molar-refractivity contribution in [2.45, 2.75) is 24.5 Å². The van der Waals surface area contributed by atoms with Crippen molar-refractivity contribution < 1.29 is 29.1 Å². The lowest BCUT2D eigenvalue weighted by Crippen LogP contribution is -2.37. The third kappa shape index (κ3) is 3.72. The molecule has 2 unspecified atom stereocenters. The zero-order chi connectivity index (χ0) is 16.7. The number of aliphatic hydroxyl groups excluding tert-OH is 2. The van der Waals surface area contributed by atoms with Crippen molar-refractivity contribution in [3.63, 3.8) is 0 Å². The smallest absolute Gasteiger partial charge is 0.380 e. The van der Waals surface area contributed by atoms with Crippen molar-refractivity contribution in [3.8, 4) is 5.75 Å². The number of aromatic nitrogens is 2. The van der Waals surface area contributed by atoms with Crippen molar-refractivity contribution in [2.75, 3.05) is 6.61 Å². The first-order chi connectivity index (χ1) is 10.1. The standard InChI is InChI=1S/C9H11Cl2N2O8P/c10-22(11,19)20-2-4-5(15)6(16)8(21-4)13-1-3(14)7(17)12-9(13)18/h1,4-6,8,14-16H,2H2,(H,12,17,18)/t4-,5?,6?,8-/m1/s1. The minimum absolute atomic E-state index is 0.511. The number of aliphatic hydroxyl groups is 2. The summed E-state index contributed by atoms with van der Waals surface area (Å²) in [7, 11) is 0. The SMILES string of the molecule is O=c1[nH]c(=O)n([C@@H]2O[C@H](COP(=O)(Cl)Cl)C(O)C2O)cc1O. The summed E-state index contributed by atoms with van der Waals surface area (Å²) in [5.74, 6) is -0.782. The summed E-state index contributed by atoms with van der Waals surface area (Å²) in [6, 6.07) is 0. The molecule has 1 fully saturated rings. The molecule has 1 aromatic heterocycles. The molecule has 1 aromatic rings. The second-order valence-electron chi connectivity index (χ2n) is 4.44. The van der Waals surface area contributed by atoms with Gasteiger partial charge in [-0.1, -0.05) is 0 Å². The van der Waals surface area contributed by atoms with Gasteiger partial charge in [0, 0.05) is 0 Å². The molecule has 10 nitrogen and oxygen atoms in total. The van der Waals surface area contributed by atoms with Gasteiger partial charge in [-0.15, -0.1) is 0 Å². The van der Waals surface area contributed by atoms with Gasteiger partial charge in [0.15, 0.2) is 12.0 Å². The Kier molecular flexibility index (Phi) is 5.03. The highest BCUT2D eigenvalue weighted by atomic mass is 35.9. The number of aromatic amines is 1. The molecule has 0 amide bonds. The number of rotatable bonds is 4. The average molecular weight is 377 g/mol. The minimum atomic E-state index is -3.86. The number of hydrogen-bond donors (Lipinski definition) is 4. The van der Waals surface area contributed by atoms with Crippen LogP contribution in [0, 0.1) is 0 Å². The fourth-order valence-electron chi connectivity index (χ4n) is 1.92. The molecule has 4 N–H and O–H groups in total. The highest BCUT2D eigenvalue weighted by molar-refractivity contribution is 8.05. The lowest BCUT2D eigenvalue weighted by atomic mass is 10.1. The zero-order valence-electron chi connectivity index (χ0n) is 10.6. The van der Waals surface area contributed by atoms with E-state index in [1.54, 1.807) is 4.98 Å². The van der Waals surface area contributed by atoms with Crippen LogP contribution in [0.4, 0.5) is 0 Å². The van der Waals surface area contributed by atoms with Gasteiger partial charge >= 0.3 is 11.8 Å². The van der Waals surface area contributed by atoms with Gasteiger partial charge in [0.25, 0.3) is 5.56 Å². The zero-order valence-corrected chi connectivity index (χ0v) is 13.0. The van der Waals surface area contributed by atoms with Crippen LogP contribution in [0.3, 0.4) is 0 Å². The van der Waals surface area contributed by atoms with Crippen molar-refractivity contribution in [1.82, 2.24) is 9.55 Å². The fourth-order valence-corrected chi connectivity index (χ4v) is 2.58. The van der Waals surface area contributed by atoms with Gasteiger partial charge in [-0.25, -0.2) is 4.79 Å². The summed E-state index contributed by atoms with van der Waals surface area (Å²) in [5.41, 5.74) is -1.99. The predicted octanol–water partition coefficient (Wildman–Crippen LogP) is -0.536. The first kappa shape index (κ1) is 17.5. The van der Waals surface area contributed by atoms with Crippen molar-refractivity contribution in [2.24, 2.45) is 0 Å². The second kappa shape index (κ2) is 6.32. The summed E-state index contributed by atoms with van der Waals surface area (Å²) in [5, 5.41) is 29.0. The van der Waals surface area contributed by atoms with Gasteiger partial charge in [-0.2, -0.15) is 0 Å². The number of nitrogens with one attached hydrogen (secondary N) is 1. The van der Waals surface area contributed by atoms with E-state index >= 15 is 0 Å². The van der Waals surface area contributed by atoms with Crippen molar-refractivity contribution in [1.29, 1.82) is 0 Å². The maximum absolute atomic E-state index is 11.7. The normalized spacial score (nSPS) is 28.9. The lowest BCUT2D eigenvalue weighted by Gasteiger charge is -2.17. The number of ether oxygens (including phenoxy) is 1. The third-order valence-corrected chi connectivity index (χ3v) is 3.98. The molecule has 4 atom stereocenters. The fraction of sp³-hybridized carbons (Fsp3) is 0.556. The molecule has 0 bridgehead atoms. The summed E-state index contributed by atoms with van der Waals surface area (Å²) < 4.78 is 21.5. The number of nitrogens with zero attached hydrogens (tertiary/aromatic N) is 1. The van der Waals surface area contributed by atoms with E-state index in [9.17, 15) is 29.5 Å². The molecule has 13 heteroatoms. The van der Waals surface area contributed by atoms with Gasteiger partial charge in [0.2, 0.25) is 0 Å². The van der Waals surface area contributed by atoms with Crippen LogP contribution < -0.4 is 11.2 Å². The van der Waals surface area contributed by atoms with E-state index in [1.165, 1.54) is 0 Å². The molecule has 0 spiro atoms. The van der Waals surface area contributed by atoms with Gasteiger partial charge in [-0.3, -0.25) is 18.9 Å². The van der Waals surface area contributed by atoms with Crippen LogP contribution in [-0.4, -0.2) is 49.8 Å². The summed E-state index contributed by atoms with van der Waals surface area (Å²) in [6.45, 7) is -0.511. The first-order valence-corrected chi connectivity index (χ1v) is 9.23. The topological polar surface area (TPSA) is 151 Å². The Morgan fingerprint density at radius 3 is 2.59 bits per heavy atom. The van der Waals surface area contributed by atoms with Crippen LogP contribution in [0.25, 0.3) is 0 Å². The third-order valence-electron chi connectivity index (χ3n) is 2.95. The predicted molar refractivity (Wildman–Crippen MR) is 74.2 cm³/mol. The van der Waals surface area contributed by atoms with E-state index < -0.39 is 54.2 Å². The second-order valence-corrected chi connectivity index (χ2v) is 8.71. The summed E-state index contributed by atoms with van der Waals surface area (Å²) in [4.78, 5) is 24.5. The summed E-state index contributed by atoms with van der Waals surface area (Å²) in [6.07, 6.45) is -8.81. The van der Waals surface area contributed by atoms with Gasteiger partial charge in [0.1, 0.15) is 18.3 Å². The molecule has 22 heavy (non-hydrogen) atoms.